The van der Waals surface area contributed by atoms with E-state index in [1.54, 1.807) is 36.4 Å². The number of hydrogen-bond donors (Lipinski definition) is 0. The van der Waals surface area contributed by atoms with Crippen LogP contribution in [0.4, 0.5) is 0 Å². The smallest absolute Gasteiger partial charge is 0.343 e. The lowest BCUT2D eigenvalue weighted by Gasteiger charge is -2.10. The van der Waals surface area contributed by atoms with Crippen LogP contribution >= 0.6 is 0 Å². The molecule has 31 heavy (non-hydrogen) atoms. The van der Waals surface area contributed by atoms with Gasteiger partial charge < -0.3 is 14.0 Å². The second kappa shape index (κ2) is 9.22. The first kappa shape index (κ1) is 20.3. The van der Waals surface area contributed by atoms with Crippen LogP contribution in [0.3, 0.4) is 0 Å². The molecule has 8 nitrogen and oxygen atoms in total. The van der Waals surface area contributed by atoms with Gasteiger partial charge in [-0.2, -0.15) is 5.26 Å². The molecule has 0 atom stereocenters. The van der Waals surface area contributed by atoms with E-state index in [-0.39, 0.29) is 5.75 Å². The van der Waals surface area contributed by atoms with Crippen LogP contribution in [-0.2, 0) is 13.0 Å². The van der Waals surface area contributed by atoms with Gasteiger partial charge in [0, 0.05) is 25.4 Å². The molecule has 0 saturated carbocycles. The van der Waals surface area contributed by atoms with E-state index in [9.17, 15) is 10.1 Å². The average molecular weight is 415 g/mol. The van der Waals surface area contributed by atoms with Gasteiger partial charge in [-0.15, -0.1) is 10.2 Å². The first-order valence-corrected chi connectivity index (χ1v) is 10.0. The van der Waals surface area contributed by atoms with Gasteiger partial charge in [0.1, 0.15) is 11.9 Å². The van der Waals surface area contributed by atoms with E-state index in [0.717, 1.165) is 43.6 Å². The molecule has 1 aliphatic heterocycles. The second-order valence-corrected chi connectivity index (χ2v) is 7.11. The predicted octanol–water partition coefficient (Wildman–Crippen LogP) is 3.69. The minimum absolute atomic E-state index is 0.288. The first-order valence-electron chi connectivity index (χ1n) is 10.0. The molecule has 0 N–H and O–H groups in total. The van der Waals surface area contributed by atoms with E-state index in [0.29, 0.717) is 22.7 Å². The maximum Gasteiger partial charge on any atom is 0.343 e. The predicted molar refractivity (Wildman–Crippen MR) is 113 cm³/mol. The van der Waals surface area contributed by atoms with Gasteiger partial charge >= 0.3 is 5.97 Å². The third kappa shape index (κ3) is 4.46. The van der Waals surface area contributed by atoms with E-state index in [1.807, 2.05) is 4.57 Å². The molecule has 0 fully saturated rings. The third-order valence-electron chi connectivity index (χ3n) is 5.09. The van der Waals surface area contributed by atoms with E-state index < -0.39 is 5.97 Å². The highest BCUT2D eigenvalue weighted by Gasteiger charge is 2.18. The second-order valence-electron chi connectivity index (χ2n) is 7.11. The SMILES string of the molecule is COc1cc(/C=C(\C#N)c2nnc3n2CCCCC3)ccc1OC(=O)c1ccncc1. The van der Waals surface area contributed by atoms with Crippen molar-refractivity contribution in [1.82, 2.24) is 19.7 Å². The lowest BCUT2D eigenvalue weighted by atomic mass is 10.1. The third-order valence-corrected chi connectivity index (χ3v) is 5.09. The molecule has 0 amide bonds. The monoisotopic (exact) mass is 415 g/mol. The number of aryl methyl sites for hydroxylation is 1. The summed E-state index contributed by atoms with van der Waals surface area (Å²) in [6, 6.07) is 10.5. The Kier molecular flexibility index (Phi) is 6.03. The number of methoxy groups -OCH3 is 1. The molecule has 3 heterocycles. The summed E-state index contributed by atoms with van der Waals surface area (Å²) >= 11 is 0. The highest BCUT2D eigenvalue weighted by atomic mass is 16.6. The van der Waals surface area contributed by atoms with Gasteiger partial charge in [-0.3, -0.25) is 4.98 Å². The first-order chi connectivity index (χ1) is 15.2. The van der Waals surface area contributed by atoms with Crippen molar-refractivity contribution in [3.05, 3.63) is 65.5 Å². The largest absolute Gasteiger partial charge is 0.493 e. The molecule has 3 aromatic rings. The van der Waals surface area contributed by atoms with Gasteiger partial charge in [0.25, 0.3) is 0 Å². The normalized spacial score (nSPS) is 13.6. The number of carbonyl (C=O) groups excluding carboxylic acids is 1. The average Bonchev–Trinajstić information content (AvgIpc) is 3.06. The van der Waals surface area contributed by atoms with Gasteiger partial charge in [-0.1, -0.05) is 12.5 Å². The summed E-state index contributed by atoms with van der Waals surface area (Å²) in [5.41, 5.74) is 1.53. The molecule has 0 aliphatic carbocycles. The van der Waals surface area contributed by atoms with Crippen molar-refractivity contribution in [2.45, 2.75) is 32.2 Å². The molecule has 0 spiro atoms. The number of nitrogens with zero attached hydrogens (tertiary/aromatic N) is 5. The number of esters is 1. The summed E-state index contributed by atoms with van der Waals surface area (Å²) < 4.78 is 12.9. The fourth-order valence-corrected chi connectivity index (χ4v) is 3.50. The molecule has 1 aliphatic rings. The van der Waals surface area contributed by atoms with Crippen LogP contribution in [0.2, 0.25) is 0 Å². The molecule has 0 unspecified atom stereocenters. The van der Waals surface area contributed by atoms with Crippen molar-refractivity contribution >= 4 is 17.6 Å². The number of carbonyl (C=O) groups is 1. The molecule has 0 radical (unpaired) electrons. The molecular weight excluding hydrogens is 394 g/mol. The van der Waals surface area contributed by atoms with Gasteiger partial charge in [-0.05, 0) is 48.7 Å². The van der Waals surface area contributed by atoms with E-state index in [2.05, 4.69) is 21.3 Å². The number of ether oxygens (including phenoxy) is 2. The van der Waals surface area contributed by atoms with Crippen LogP contribution in [0.15, 0.2) is 42.7 Å². The van der Waals surface area contributed by atoms with Crippen LogP contribution in [0.25, 0.3) is 11.6 Å². The number of aromatic nitrogens is 4. The zero-order valence-corrected chi connectivity index (χ0v) is 17.1. The van der Waals surface area contributed by atoms with E-state index >= 15 is 0 Å². The molecule has 8 heteroatoms. The molecule has 4 rings (SSSR count). The van der Waals surface area contributed by atoms with Crippen LogP contribution in [-0.4, -0.2) is 32.8 Å². The van der Waals surface area contributed by atoms with Crippen LogP contribution in [0.1, 0.15) is 46.8 Å². The molecular formula is C23H21N5O3. The Morgan fingerprint density at radius 2 is 1.97 bits per heavy atom. The highest BCUT2D eigenvalue weighted by molar-refractivity contribution is 5.91. The Hall–Kier alpha value is -3.99. The van der Waals surface area contributed by atoms with Crippen molar-refractivity contribution in [3.8, 4) is 17.6 Å². The maximum atomic E-state index is 12.3. The lowest BCUT2D eigenvalue weighted by molar-refractivity contribution is 0.0729. The molecule has 156 valence electrons. The van der Waals surface area contributed by atoms with Crippen LogP contribution in [0, 0.1) is 11.3 Å². The Morgan fingerprint density at radius 1 is 1.13 bits per heavy atom. The number of rotatable bonds is 5. The topological polar surface area (TPSA) is 103 Å². The van der Waals surface area contributed by atoms with Crippen molar-refractivity contribution < 1.29 is 14.3 Å². The van der Waals surface area contributed by atoms with Crippen molar-refractivity contribution in [2.75, 3.05) is 7.11 Å². The van der Waals surface area contributed by atoms with Crippen LogP contribution < -0.4 is 9.47 Å². The minimum Gasteiger partial charge on any atom is -0.493 e. The Bertz CT molecular complexity index is 1160. The standard InChI is InChI=1S/C23H21N5O3/c1-30-20-14-16(6-7-19(20)31-23(29)17-8-10-25-11-9-17)13-18(15-24)22-27-26-21-5-3-2-4-12-28(21)22/h6-11,13-14H,2-5,12H2,1H3/b18-13+. The number of nitriles is 1. The van der Waals surface area contributed by atoms with Crippen molar-refractivity contribution in [3.63, 3.8) is 0 Å². The van der Waals surface area contributed by atoms with Gasteiger partial charge in [-0.25, -0.2) is 4.79 Å². The van der Waals surface area contributed by atoms with E-state index in [4.69, 9.17) is 9.47 Å². The summed E-state index contributed by atoms with van der Waals surface area (Å²) in [6.45, 7) is 0.809. The maximum absolute atomic E-state index is 12.3. The van der Waals surface area contributed by atoms with Crippen molar-refractivity contribution in [1.29, 1.82) is 5.26 Å². The van der Waals surface area contributed by atoms with Gasteiger partial charge in [0.15, 0.2) is 17.3 Å². The zero-order chi connectivity index (χ0) is 21.6. The Labute approximate surface area is 179 Å². The zero-order valence-electron chi connectivity index (χ0n) is 17.1. The fourth-order valence-electron chi connectivity index (χ4n) is 3.50. The molecule has 0 saturated heterocycles. The lowest BCUT2D eigenvalue weighted by Crippen LogP contribution is -2.09. The number of benzene rings is 1. The van der Waals surface area contributed by atoms with Gasteiger partial charge in [0.05, 0.1) is 18.2 Å². The molecule has 0 bridgehead atoms. The van der Waals surface area contributed by atoms with Crippen LogP contribution in [0.5, 0.6) is 11.5 Å². The summed E-state index contributed by atoms with van der Waals surface area (Å²) in [6.07, 6.45) is 8.93. The summed E-state index contributed by atoms with van der Waals surface area (Å²) in [5.74, 6) is 1.66. The highest BCUT2D eigenvalue weighted by Crippen LogP contribution is 2.30. The summed E-state index contributed by atoms with van der Waals surface area (Å²) in [5, 5.41) is 18.3. The van der Waals surface area contributed by atoms with Gasteiger partial charge in [0.2, 0.25) is 0 Å². The van der Waals surface area contributed by atoms with Crippen molar-refractivity contribution in [2.24, 2.45) is 0 Å². The number of hydrogen-bond acceptors (Lipinski definition) is 7. The number of pyridine rings is 1. The molecule has 1 aromatic carbocycles. The fraction of sp³-hybridized carbons (Fsp3) is 0.261. The summed E-state index contributed by atoms with van der Waals surface area (Å²) in [4.78, 5) is 16.2. The quantitative estimate of drug-likeness (QED) is 0.356. The molecule has 2 aromatic heterocycles. The minimum atomic E-state index is -0.507. The number of fused-ring (bicyclic) bond motifs is 1. The summed E-state index contributed by atoms with van der Waals surface area (Å²) in [7, 11) is 1.50. The van der Waals surface area contributed by atoms with E-state index in [1.165, 1.54) is 19.5 Å². The number of allylic oxidation sites excluding steroid dienone is 1. The Balaban J connectivity index is 1.61. The Morgan fingerprint density at radius 3 is 2.74 bits per heavy atom.